The van der Waals surface area contributed by atoms with Gasteiger partial charge in [0.25, 0.3) is 5.56 Å². The van der Waals surface area contributed by atoms with Crippen LogP contribution in [0.4, 0.5) is 8.78 Å². The molecule has 1 N–H and O–H groups in total. The van der Waals surface area contributed by atoms with E-state index in [1.165, 1.54) is 29.8 Å². The summed E-state index contributed by atoms with van der Waals surface area (Å²) in [5.74, 6) is -0.147. The third-order valence-corrected chi connectivity index (χ3v) is 2.94. The number of carbonyl (C=O) groups is 1. The molecule has 0 spiro atoms. The number of halogens is 2. The highest BCUT2D eigenvalue weighted by molar-refractivity contribution is 5.72. The number of ether oxygens (including phenoxy) is 1. The Labute approximate surface area is 130 Å². The minimum absolute atomic E-state index is 0.0442. The molecule has 1 heterocycles. The van der Waals surface area contributed by atoms with E-state index in [0.717, 1.165) is 0 Å². The second-order valence-corrected chi connectivity index (χ2v) is 4.67. The highest BCUT2D eigenvalue weighted by Gasteiger charge is 2.07. The van der Waals surface area contributed by atoms with Crippen LogP contribution >= 0.6 is 0 Å². The van der Waals surface area contributed by atoms with E-state index in [1.807, 2.05) is 0 Å². The predicted octanol–water partition coefficient (Wildman–Crippen LogP) is 1.65. The summed E-state index contributed by atoms with van der Waals surface area (Å²) in [4.78, 5) is 22.6. The minimum Gasteiger partial charge on any atom is -0.435 e. The summed E-state index contributed by atoms with van der Waals surface area (Å²) in [5.41, 5.74) is 0.868. The van der Waals surface area contributed by atoms with Gasteiger partial charge in [-0.2, -0.15) is 13.9 Å². The Bertz CT molecular complexity index is 729. The lowest BCUT2D eigenvalue weighted by Crippen LogP contribution is -2.30. The van der Waals surface area contributed by atoms with E-state index in [1.54, 1.807) is 18.2 Å². The van der Waals surface area contributed by atoms with Crippen LogP contribution in [0.2, 0.25) is 0 Å². The van der Waals surface area contributed by atoms with Gasteiger partial charge in [-0.3, -0.25) is 9.59 Å². The first-order valence-corrected chi connectivity index (χ1v) is 6.83. The fraction of sp³-hybridized carbons (Fsp3) is 0.267. The second kappa shape index (κ2) is 7.48. The van der Waals surface area contributed by atoms with E-state index in [0.29, 0.717) is 11.3 Å². The van der Waals surface area contributed by atoms with Crippen LogP contribution in [0.3, 0.4) is 0 Å². The normalized spacial score (nSPS) is 10.6. The molecule has 0 aliphatic carbocycles. The zero-order valence-electron chi connectivity index (χ0n) is 12.3. The van der Waals surface area contributed by atoms with Crippen molar-refractivity contribution < 1.29 is 18.3 Å². The third kappa shape index (κ3) is 4.87. The maximum atomic E-state index is 12.1. The summed E-state index contributed by atoms with van der Waals surface area (Å²) in [6.45, 7) is -0.976. The molecule has 1 aromatic carbocycles. The van der Waals surface area contributed by atoms with E-state index in [-0.39, 0.29) is 30.3 Å². The van der Waals surface area contributed by atoms with Gasteiger partial charge >= 0.3 is 6.61 Å². The fourth-order valence-electron chi connectivity index (χ4n) is 1.91. The van der Waals surface area contributed by atoms with Crippen LogP contribution in [-0.2, 0) is 11.3 Å². The van der Waals surface area contributed by atoms with Gasteiger partial charge in [-0.25, -0.2) is 4.68 Å². The number of nitrogens with zero attached hydrogens (tertiary/aromatic N) is 2. The molecule has 8 heteroatoms. The van der Waals surface area contributed by atoms with E-state index in [9.17, 15) is 18.4 Å². The smallest absolute Gasteiger partial charge is 0.387 e. The maximum absolute atomic E-state index is 12.1. The van der Waals surface area contributed by atoms with Gasteiger partial charge in [0.1, 0.15) is 5.75 Å². The molecule has 1 amide bonds. The quantitative estimate of drug-likeness (QED) is 0.877. The van der Waals surface area contributed by atoms with Crippen LogP contribution in [-0.4, -0.2) is 28.8 Å². The van der Waals surface area contributed by atoms with Crippen LogP contribution in [0.1, 0.15) is 6.92 Å². The van der Waals surface area contributed by atoms with E-state index in [4.69, 9.17) is 0 Å². The number of hydrogen-bond donors (Lipinski definition) is 1. The molecule has 2 rings (SSSR count). The molecule has 6 nitrogen and oxygen atoms in total. The van der Waals surface area contributed by atoms with Crippen LogP contribution < -0.4 is 15.6 Å². The van der Waals surface area contributed by atoms with Gasteiger partial charge in [-0.15, -0.1) is 0 Å². The number of rotatable bonds is 6. The molecule has 0 saturated carbocycles. The Kier molecular flexibility index (Phi) is 5.40. The first-order chi connectivity index (χ1) is 11.0. The molecule has 0 atom stereocenters. The summed E-state index contributed by atoms with van der Waals surface area (Å²) in [5, 5.41) is 6.77. The molecule has 0 radical (unpaired) electrons. The molecule has 0 bridgehead atoms. The maximum Gasteiger partial charge on any atom is 0.387 e. The molecule has 0 fully saturated rings. The highest BCUT2D eigenvalue weighted by Crippen LogP contribution is 2.21. The monoisotopic (exact) mass is 323 g/mol. The predicted molar refractivity (Wildman–Crippen MR) is 79.2 cm³/mol. The first kappa shape index (κ1) is 16.6. The van der Waals surface area contributed by atoms with Crippen molar-refractivity contribution in [1.82, 2.24) is 15.1 Å². The van der Waals surface area contributed by atoms with Crippen LogP contribution in [0.15, 0.2) is 41.2 Å². The Balaban J connectivity index is 2.16. The molecule has 0 unspecified atom stereocenters. The van der Waals surface area contributed by atoms with Crippen LogP contribution in [0.25, 0.3) is 11.3 Å². The zero-order chi connectivity index (χ0) is 16.8. The highest BCUT2D eigenvalue weighted by atomic mass is 19.3. The topological polar surface area (TPSA) is 73.2 Å². The van der Waals surface area contributed by atoms with Crippen molar-refractivity contribution >= 4 is 5.91 Å². The lowest BCUT2D eigenvalue weighted by atomic mass is 10.1. The van der Waals surface area contributed by atoms with Crippen LogP contribution in [0.5, 0.6) is 5.75 Å². The molecule has 23 heavy (non-hydrogen) atoms. The third-order valence-electron chi connectivity index (χ3n) is 2.94. The van der Waals surface area contributed by atoms with Crippen molar-refractivity contribution in [3.8, 4) is 17.0 Å². The van der Waals surface area contributed by atoms with E-state index < -0.39 is 6.61 Å². The second-order valence-electron chi connectivity index (χ2n) is 4.67. The Morgan fingerprint density at radius 1 is 1.26 bits per heavy atom. The number of alkyl halides is 2. The van der Waals surface area contributed by atoms with Gasteiger partial charge < -0.3 is 10.1 Å². The average molecular weight is 323 g/mol. The van der Waals surface area contributed by atoms with E-state index >= 15 is 0 Å². The molecule has 1 aromatic heterocycles. The minimum atomic E-state index is -2.88. The summed E-state index contributed by atoms with van der Waals surface area (Å²) < 4.78 is 29.7. The molecule has 122 valence electrons. The fourth-order valence-corrected chi connectivity index (χ4v) is 1.91. The van der Waals surface area contributed by atoms with Gasteiger partial charge in [0.15, 0.2) is 0 Å². The van der Waals surface area contributed by atoms with Crippen molar-refractivity contribution in [2.24, 2.45) is 0 Å². The number of benzene rings is 1. The summed E-state index contributed by atoms with van der Waals surface area (Å²) in [6, 6.07) is 8.84. The zero-order valence-corrected chi connectivity index (χ0v) is 12.3. The van der Waals surface area contributed by atoms with Gasteiger partial charge in [0, 0.05) is 25.1 Å². The average Bonchev–Trinajstić information content (AvgIpc) is 2.49. The SMILES string of the molecule is CC(=O)NCCn1nc(-c2ccc(OC(F)F)cc2)ccc1=O. The largest absolute Gasteiger partial charge is 0.435 e. The van der Waals surface area contributed by atoms with Crippen molar-refractivity contribution in [3.63, 3.8) is 0 Å². The molecule has 0 aliphatic rings. The van der Waals surface area contributed by atoms with Gasteiger partial charge in [0.2, 0.25) is 5.91 Å². The summed E-state index contributed by atoms with van der Waals surface area (Å²) in [6.07, 6.45) is 0. The Hall–Kier alpha value is -2.77. The van der Waals surface area contributed by atoms with Gasteiger partial charge in [-0.05, 0) is 30.3 Å². The molecule has 0 aliphatic heterocycles. The lowest BCUT2D eigenvalue weighted by Gasteiger charge is -2.08. The van der Waals surface area contributed by atoms with Crippen molar-refractivity contribution in [1.29, 1.82) is 0 Å². The molecular weight excluding hydrogens is 308 g/mol. The Morgan fingerprint density at radius 3 is 2.57 bits per heavy atom. The van der Waals surface area contributed by atoms with Gasteiger partial charge in [-0.1, -0.05) is 0 Å². The number of aromatic nitrogens is 2. The number of hydrogen-bond acceptors (Lipinski definition) is 4. The van der Waals surface area contributed by atoms with E-state index in [2.05, 4.69) is 15.2 Å². The van der Waals surface area contributed by atoms with Crippen molar-refractivity contribution in [2.75, 3.05) is 6.54 Å². The summed E-state index contributed by atoms with van der Waals surface area (Å²) >= 11 is 0. The first-order valence-electron chi connectivity index (χ1n) is 6.83. The number of nitrogens with one attached hydrogen (secondary N) is 1. The molecule has 0 saturated heterocycles. The lowest BCUT2D eigenvalue weighted by molar-refractivity contribution is -0.119. The molecular formula is C15H15F2N3O3. The summed E-state index contributed by atoms with van der Waals surface area (Å²) in [7, 11) is 0. The Morgan fingerprint density at radius 2 is 1.96 bits per heavy atom. The van der Waals surface area contributed by atoms with Crippen LogP contribution in [0, 0.1) is 0 Å². The number of amides is 1. The number of carbonyl (C=O) groups excluding carboxylic acids is 1. The van der Waals surface area contributed by atoms with Gasteiger partial charge in [0.05, 0.1) is 12.2 Å². The van der Waals surface area contributed by atoms with Crippen molar-refractivity contribution in [2.45, 2.75) is 20.1 Å². The van der Waals surface area contributed by atoms with Crippen molar-refractivity contribution in [3.05, 3.63) is 46.8 Å². The molecule has 2 aromatic rings. The standard InChI is InChI=1S/C15H15F2N3O3/c1-10(21)18-8-9-20-14(22)7-6-13(19-20)11-2-4-12(5-3-11)23-15(16)17/h2-7,15H,8-9H2,1H3,(H,18,21).